The summed E-state index contributed by atoms with van der Waals surface area (Å²) in [4.78, 5) is 25.4. The minimum atomic E-state index is -0.525. The highest BCUT2D eigenvalue weighted by Crippen LogP contribution is 2.26. The molecular weight excluding hydrogens is 372 g/mol. The van der Waals surface area contributed by atoms with Gasteiger partial charge in [-0.15, -0.1) is 0 Å². The molecule has 0 saturated heterocycles. The van der Waals surface area contributed by atoms with E-state index in [0.29, 0.717) is 37.1 Å². The molecule has 156 valence electrons. The number of oxazole rings is 1. The molecule has 1 atom stereocenters. The fourth-order valence-electron chi connectivity index (χ4n) is 2.91. The van der Waals surface area contributed by atoms with Crippen molar-refractivity contribution in [1.82, 2.24) is 15.3 Å². The van der Waals surface area contributed by atoms with E-state index in [1.807, 2.05) is 52.8 Å². The normalized spacial score (nSPS) is 16.3. The fourth-order valence-corrected chi connectivity index (χ4v) is 2.91. The van der Waals surface area contributed by atoms with Crippen LogP contribution in [-0.2, 0) is 22.3 Å². The number of carbonyl (C=O) groups is 1. The quantitative estimate of drug-likeness (QED) is 0.796. The summed E-state index contributed by atoms with van der Waals surface area (Å²) in [6.45, 7) is 10.2. The maximum absolute atomic E-state index is 11.8. The summed E-state index contributed by atoms with van der Waals surface area (Å²) in [5.41, 5.74) is 1.95. The average molecular weight is 400 g/mol. The summed E-state index contributed by atoms with van der Waals surface area (Å²) in [6, 6.07) is 5.42. The summed E-state index contributed by atoms with van der Waals surface area (Å²) in [6.07, 6.45) is 0.813. The van der Waals surface area contributed by atoms with Crippen LogP contribution in [0, 0.1) is 6.92 Å². The van der Waals surface area contributed by atoms with Crippen LogP contribution < -0.4 is 5.32 Å². The van der Waals surface area contributed by atoms with Gasteiger partial charge >= 0.3 is 6.09 Å². The summed E-state index contributed by atoms with van der Waals surface area (Å²) in [5, 5.41) is 2.74. The summed E-state index contributed by atoms with van der Waals surface area (Å²) >= 11 is 0. The Hall–Kier alpha value is -2.90. The smallest absolute Gasteiger partial charge is 0.407 e. The van der Waals surface area contributed by atoms with Gasteiger partial charge in [-0.25, -0.2) is 19.8 Å². The van der Waals surface area contributed by atoms with Gasteiger partial charge in [-0.3, -0.25) is 0 Å². The van der Waals surface area contributed by atoms with Gasteiger partial charge in [0.25, 0.3) is 0 Å². The number of pyridine rings is 1. The van der Waals surface area contributed by atoms with E-state index >= 15 is 0 Å². The molecule has 3 rings (SSSR count). The second-order valence-corrected chi connectivity index (χ2v) is 7.88. The number of hydrogen-bond donors (Lipinski definition) is 1. The van der Waals surface area contributed by atoms with Crippen LogP contribution in [0.4, 0.5) is 4.79 Å². The van der Waals surface area contributed by atoms with Crippen molar-refractivity contribution in [2.24, 2.45) is 4.99 Å². The van der Waals surface area contributed by atoms with Gasteiger partial charge in [-0.05, 0) is 46.2 Å². The number of nitrogens with one attached hydrogen (secondary N) is 1. The van der Waals surface area contributed by atoms with E-state index in [0.717, 1.165) is 23.6 Å². The van der Waals surface area contributed by atoms with Crippen molar-refractivity contribution < 1.29 is 18.7 Å². The standard InChI is InChI=1S/C21H28N4O4/c1-6-14-17(10-11-22-20(26)29-21(3,4)5)28-19(24-14)16-12-27-18(25-16)15-9-7-8-13(2)23-15/h7-9,16H,6,10-12H2,1-5H3,(H,22,26). The summed E-state index contributed by atoms with van der Waals surface area (Å²) < 4.78 is 16.9. The van der Waals surface area contributed by atoms with Gasteiger partial charge in [0.05, 0.1) is 5.69 Å². The molecule has 8 heteroatoms. The number of aryl methyl sites for hydroxylation is 2. The second kappa shape index (κ2) is 8.63. The van der Waals surface area contributed by atoms with Gasteiger partial charge in [-0.2, -0.15) is 0 Å². The fraction of sp³-hybridized carbons (Fsp3) is 0.524. The Kier molecular flexibility index (Phi) is 6.20. The lowest BCUT2D eigenvalue weighted by atomic mass is 10.2. The number of aliphatic imine (C=N–C) groups is 1. The maximum atomic E-state index is 11.8. The second-order valence-electron chi connectivity index (χ2n) is 7.88. The minimum absolute atomic E-state index is 0.301. The molecule has 1 amide bonds. The van der Waals surface area contributed by atoms with Gasteiger partial charge in [0, 0.05) is 18.7 Å². The van der Waals surface area contributed by atoms with E-state index in [4.69, 9.17) is 13.9 Å². The van der Waals surface area contributed by atoms with Crippen molar-refractivity contribution in [3.8, 4) is 0 Å². The number of ether oxygens (including phenoxy) is 2. The number of amides is 1. The minimum Gasteiger partial charge on any atom is -0.474 e. The van der Waals surface area contributed by atoms with Gasteiger partial charge < -0.3 is 19.2 Å². The zero-order valence-corrected chi connectivity index (χ0v) is 17.6. The molecule has 1 N–H and O–H groups in total. The Morgan fingerprint density at radius 2 is 2.10 bits per heavy atom. The first-order valence-electron chi connectivity index (χ1n) is 9.85. The SMILES string of the molecule is CCc1nc(C2COC(c3cccc(C)n3)=N2)oc1CCNC(=O)OC(C)(C)C. The van der Waals surface area contributed by atoms with E-state index in [9.17, 15) is 4.79 Å². The molecule has 0 aliphatic carbocycles. The third-order valence-electron chi connectivity index (χ3n) is 4.19. The molecule has 0 saturated carbocycles. The molecule has 0 radical (unpaired) electrons. The molecule has 1 unspecified atom stereocenters. The lowest BCUT2D eigenvalue weighted by Gasteiger charge is -2.19. The van der Waals surface area contributed by atoms with Crippen molar-refractivity contribution in [2.75, 3.05) is 13.2 Å². The van der Waals surface area contributed by atoms with Crippen LogP contribution in [0.2, 0.25) is 0 Å². The first-order valence-corrected chi connectivity index (χ1v) is 9.85. The van der Waals surface area contributed by atoms with E-state index in [-0.39, 0.29) is 6.04 Å². The third-order valence-corrected chi connectivity index (χ3v) is 4.19. The van der Waals surface area contributed by atoms with Crippen LogP contribution >= 0.6 is 0 Å². The highest BCUT2D eigenvalue weighted by molar-refractivity contribution is 5.93. The summed E-state index contributed by atoms with van der Waals surface area (Å²) in [5.74, 6) is 1.77. The molecule has 0 fully saturated rings. The van der Waals surface area contributed by atoms with Gasteiger partial charge in [0.2, 0.25) is 11.8 Å². The highest BCUT2D eigenvalue weighted by atomic mass is 16.6. The number of nitrogens with zero attached hydrogens (tertiary/aromatic N) is 3. The van der Waals surface area contributed by atoms with Gasteiger partial charge in [-0.1, -0.05) is 13.0 Å². The van der Waals surface area contributed by atoms with Crippen LogP contribution in [0.25, 0.3) is 0 Å². The number of alkyl carbamates (subject to hydrolysis) is 1. The molecule has 0 aromatic carbocycles. The number of rotatable bonds is 6. The molecular formula is C21H28N4O4. The van der Waals surface area contributed by atoms with E-state index < -0.39 is 11.7 Å². The average Bonchev–Trinajstić information content (AvgIpc) is 3.27. The Balaban J connectivity index is 1.65. The molecule has 2 aromatic heterocycles. The molecule has 0 spiro atoms. The Morgan fingerprint density at radius 3 is 2.79 bits per heavy atom. The van der Waals surface area contributed by atoms with E-state index in [1.54, 1.807) is 0 Å². The highest BCUT2D eigenvalue weighted by Gasteiger charge is 2.28. The van der Waals surface area contributed by atoms with Crippen LogP contribution in [0.3, 0.4) is 0 Å². The monoisotopic (exact) mass is 400 g/mol. The lowest BCUT2D eigenvalue weighted by Crippen LogP contribution is -2.33. The van der Waals surface area contributed by atoms with Gasteiger partial charge in [0.15, 0.2) is 6.04 Å². The molecule has 1 aliphatic rings. The number of carbonyl (C=O) groups excluding carboxylic acids is 1. The zero-order chi connectivity index (χ0) is 21.0. The van der Waals surface area contributed by atoms with Crippen molar-refractivity contribution in [3.63, 3.8) is 0 Å². The molecule has 3 heterocycles. The van der Waals surface area contributed by atoms with Crippen molar-refractivity contribution in [2.45, 2.75) is 59.1 Å². The largest absolute Gasteiger partial charge is 0.474 e. The molecule has 8 nitrogen and oxygen atoms in total. The third kappa shape index (κ3) is 5.56. The van der Waals surface area contributed by atoms with Crippen LogP contribution in [0.15, 0.2) is 27.6 Å². The first kappa shape index (κ1) is 20.8. The van der Waals surface area contributed by atoms with Crippen molar-refractivity contribution >= 4 is 12.0 Å². The topological polar surface area (TPSA) is 98.8 Å². The Labute approximate surface area is 170 Å². The predicted molar refractivity (Wildman–Crippen MR) is 108 cm³/mol. The van der Waals surface area contributed by atoms with Gasteiger partial charge in [0.1, 0.15) is 23.7 Å². The molecule has 29 heavy (non-hydrogen) atoms. The maximum Gasteiger partial charge on any atom is 0.407 e. The predicted octanol–water partition coefficient (Wildman–Crippen LogP) is 3.53. The summed E-state index contributed by atoms with van der Waals surface area (Å²) in [7, 11) is 0. The zero-order valence-electron chi connectivity index (χ0n) is 17.6. The van der Waals surface area contributed by atoms with E-state index in [2.05, 4.69) is 20.3 Å². The molecule has 1 aliphatic heterocycles. The van der Waals surface area contributed by atoms with Crippen LogP contribution in [-0.4, -0.2) is 40.7 Å². The van der Waals surface area contributed by atoms with Crippen molar-refractivity contribution in [3.05, 3.63) is 46.9 Å². The Morgan fingerprint density at radius 1 is 1.31 bits per heavy atom. The molecule has 2 aromatic rings. The first-order chi connectivity index (χ1) is 13.7. The molecule has 0 bridgehead atoms. The van der Waals surface area contributed by atoms with Crippen LogP contribution in [0.1, 0.15) is 62.5 Å². The van der Waals surface area contributed by atoms with Crippen molar-refractivity contribution in [1.29, 1.82) is 0 Å². The van der Waals surface area contributed by atoms with E-state index in [1.165, 1.54) is 0 Å². The number of aromatic nitrogens is 2. The lowest BCUT2D eigenvalue weighted by molar-refractivity contribution is 0.0528. The number of hydrogen-bond acceptors (Lipinski definition) is 7. The Bertz CT molecular complexity index is 898. The van der Waals surface area contributed by atoms with Crippen LogP contribution in [0.5, 0.6) is 0 Å².